The Morgan fingerprint density at radius 1 is 1.29 bits per heavy atom. The number of benzene rings is 2. The quantitative estimate of drug-likeness (QED) is 0.559. The van der Waals surface area contributed by atoms with E-state index in [9.17, 15) is 14.7 Å². The number of carbonyl (C=O) groups is 1. The van der Waals surface area contributed by atoms with Gasteiger partial charge in [-0.2, -0.15) is 0 Å². The summed E-state index contributed by atoms with van der Waals surface area (Å²) in [4.78, 5) is 31.3. The molecule has 0 bridgehead atoms. The van der Waals surface area contributed by atoms with E-state index < -0.39 is 12.0 Å². The Bertz CT molecular complexity index is 1370. The molecule has 31 heavy (non-hydrogen) atoms. The third kappa shape index (κ3) is 4.00. The fourth-order valence-electron chi connectivity index (χ4n) is 3.51. The van der Waals surface area contributed by atoms with Crippen LogP contribution < -0.4 is 14.9 Å². The number of aromatic hydroxyl groups is 1. The second-order valence-electron chi connectivity index (χ2n) is 6.92. The van der Waals surface area contributed by atoms with E-state index in [4.69, 9.17) is 4.74 Å². The average Bonchev–Trinajstić information content (AvgIpc) is 3.05. The highest BCUT2D eigenvalue weighted by molar-refractivity contribution is 9.10. The van der Waals surface area contributed by atoms with Gasteiger partial charge in [-0.1, -0.05) is 47.7 Å². The summed E-state index contributed by atoms with van der Waals surface area (Å²) < 4.78 is 7.86. The summed E-state index contributed by atoms with van der Waals surface area (Å²) >= 11 is 4.56. The zero-order valence-electron chi connectivity index (χ0n) is 16.8. The van der Waals surface area contributed by atoms with Crippen LogP contribution in [0.5, 0.6) is 5.75 Å². The van der Waals surface area contributed by atoms with Gasteiger partial charge in [0.1, 0.15) is 5.75 Å². The second kappa shape index (κ2) is 8.64. The number of thiazole rings is 1. The minimum Gasteiger partial charge on any atom is -0.507 e. The molecule has 1 aliphatic heterocycles. The molecule has 1 N–H and O–H groups in total. The van der Waals surface area contributed by atoms with Crippen molar-refractivity contribution < 1.29 is 14.6 Å². The van der Waals surface area contributed by atoms with Crippen LogP contribution in [0.4, 0.5) is 0 Å². The Morgan fingerprint density at radius 2 is 2.03 bits per heavy atom. The van der Waals surface area contributed by atoms with Gasteiger partial charge >= 0.3 is 5.97 Å². The van der Waals surface area contributed by atoms with Gasteiger partial charge in [0, 0.05) is 0 Å². The topological polar surface area (TPSA) is 80.9 Å². The first kappa shape index (κ1) is 21.3. The largest absolute Gasteiger partial charge is 0.507 e. The van der Waals surface area contributed by atoms with Crippen LogP contribution >= 0.6 is 27.3 Å². The van der Waals surface area contributed by atoms with Crippen molar-refractivity contribution in [3.8, 4) is 5.75 Å². The van der Waals surface area contributed by atoms with Crippen molar-refractivity contribution in [3.05, 3.63) is 95.1 Å². The molecule has 4 rings (SSSR count). The van der Waals surface area contributed by atoms with Crippen molar-refractivity contribution in [1.29, 1.82) is 0 Å². The maximum atomic E-state index is 13.4. The molecule has 0 amide bonds. The SMILES string of the molecule is CCOC(=O)C1=C(C)N=c2sc(=Cc3ccc(O)c(Br)c3)c(=O)n2C1c1ccccc1. The summed E-state index contributed by atoms with van der Waals surface area (Å²) in [7, 11) is 0. The van der Waals surface area contributed by atoms with Crippen LogP contribution in [-0.2, 0) is 9.53 Å². The van der Waals surface area contributed by atoms with Crippen LogP contribution in [0.3, 0.4) is 0 Å². The molecule has 0 saturated heterocycles. The standard InChI is InChI=1S/C23H19BrN2O4S/c1-3-30-22(29)19-13(2)25-23-26(20(19)15-7-5-4-6-8-15)21(28)18(31-23)12-14-9-10-17(27)16(24)11-14/h4-12,20,27H,3H2,1-2H3. The number of carbonyl (C=O) groups excluding carboxylic acids is 1. The number of phenolic OH excluding ortho intramolecular Hbond substituents is 1. The van der Waals surface area contributed by atoms with Crippen LogP contribution in [-0.4, -0.2) is 22.2 Å². The van der Waals surface area contributed by atoms with Gasteiger partial charge in [0.25, 0.3) is 5.56 Å². The van der Waals surface area contributed by atoms with Crippen LogP contribution in [0.2, 0.25) is 0 Å². The van der Waals surface area contributed by atoms with Crippen LogP contribution in [0.15, 0.2) is 74.1 Å². The lowest BCUT2D eigenvalue weighted by Gasteiger charge is -2.24. The highest BCUT2D eigenvalue weighted by atomic mass is 79.9. The van der Waals surface area contributed by atoms with Gasteiger partial charge in [-0.05, 0) is 59.1 Å². The first-order chi connectivity index (χ1) is 14.9. The summed E-state index contributed by atoms with van der Waals surface area (Å²) in [5.74, 6) is -0.355. The van der Waals surface area contributed by atoms with Crippen LogP contribution in [0.1, 0.15) is 31.0 Å². The summed E-state index contributed by atoms with van der Waals surface area (Å²) in [6.45, 7) is 3.74. The van der Waals surface area contributed by atoms with E-state index >= 15 is 0 Å². The maximum Gasteiger partial charge on any atom is 0.338 e. The summed E-state index contributed by atoms with van der Waals surface area (Å²) in [5, 5.41) is 9.72. The molecule has 0 fully saturated rings. The first-order valence-corrected chi connectivity index (χ1v) is 11.2. The van der Waals surface area contributed by atoms with Crippen molar-refractivity contribution in [3.63, 3.8) is 0 Å². The molecule has 6 nitrogen and oxygen atoms in total. The molecule has 158 valence electrons. The van der Waals surface area contributed by atoms with Crippen molar-refractivity contribution >= 4 is 39.3 Å². The number of aromatic nitrogens is 1. The third-order valence-corrected chi connectivity index (χ3v) is 6.52. The lowest BCUT2D eigenvalue weighted by Crippen LogP contribution is -2.39. The second-order valence-corrected chi connectivity index (χ2v) is 8.79. The molecule has 0 spiro atoms. The Kier molecular flexibility index (Phi) is 5.93. The zero-order chi connectivity index (χ0) is 22.1. The summed E-state index contributed by atoms with van der Waals surface area (Å²) in [6.07, 6.45) is 1.75. The minimum atomic E-state index is -0.620. The molecule has 3 aromatic rings. The van der Waals surface area contributed by atoms with Crippen molar-refractivity contribution in [2.75, 3.05) is 6.61 Å². The molecular formula is C23H19BrN2O4S. The van der Waals surface area contributed by atoms with Gasteiger partial charge in [-0.15, -0.1) is 0 Å². The number of esters is 1. The van der Waals surface area contributed by atoms with Gasteiger partial charge in [-0.25, -0.2) is 9.79 Å². The zero-order valence-corrected chi connectivity index (χ0v) is 19.2. The minimum absolute atomic E-state index is 0.123. The Balaban J connectivity index is 1.95. The van der Waals surface area contributed by atoms with E-state index in [0.717, 1.165) is 11.1 Å². The van der Waals surface area contributed by atoms with Gasteiger partial charge in [0.05, 0.1) is 32.9 Å². The predicted octanol–water partition coefficient (Wildman–Crippen LogP) is 3.27. The van der Waals surface area contributed by atoms with Gasteiger partial charge in [0.2, 0.25) is 0 Å². The highest BCUT2D eigenvalue weighted by Gasteiger charge is 2.33. The first-order valence-electron chi connectivity index (χ1n) is 9.64. The molecule has 2 aromatic carbocycles. The number of rotatable bonds is 4. The summed E-state index contributed by atoms with van der Waals surface area (Å²) in [6, 6.07) is 13.8. The average molecular weight is 499 g/mol. The van der Waals surface area contributed by atoms with Crippen molar-refractivity contribution in [2.45, 2.75) is 19.9 Å². The predicted molar refractivity (Wildman–Crippen MR) is 123 cm³/mol. The molecular weight excluding hydrogens is 480 g/mol. The number of halogens is 1. The number of hydrogen-bond donors (Lipinski definition) is 1. The number of phenols is 1. The smallest absolute Gasteiger partial charge is 0.338 e. The number of hydrogen-bond acceptors (Lipinski definition) is 6. The fraction of sp³-hybridized carbons (Fsp3) is 0.174. The number of fused-ring (bicyclic) bond motifs is 1. The van der Waals surface area contributed by atoms with E-state index in [1.54, 1.807) is 42.7 Å². The van der Waals surface area contributed by atoms with E-state index in [1.165, 1.54) is 11.3 Å². The fourth-order valence-corrected chi connectivity index (χ4v) is 4.95. The Labute approximate surface area is 190 Å². The lowest BCUT2D eigenvalue weighted by molar-refractivity contribution is -0.139. The molecule has 1 aliphatic rings. The van der Waals surface area contributed by atoms with E-state index in [1.807, 2.05) is 30.3 Å². The number of nitrogens with zero attached hydrogens (tertiary/aromatic N) is 2. The van der Waals surface area contributed by atoms with E-state index in [-0.39, 0.29) is 17.9 Å². The Morgan fingerprint density at radius 3 is 2.71 bits per heavy atom. The molecule has 0 saturated carbocycles. The lowest BCUT2D eigenvalue weighted by atomic mass is 9.96. The van der Waals surface area contributed by atoms with Gasteiger partial charge in [0.15, 0.2) is 4.80 Å². The third-order valence-electron chi connectivity index (χ3n) is 4.90. The molecule has 8 heteroatoms. The van der Waals surface area contributed by atoms with E-state index in [0.29, 0.717) is 25.1 Å². The molecule has 0 aliphatic carbocycles. The Hall–Kier alpha value is -2.97. The van der Waals surface area contributed by atoms with Gasteiger partial charge < -0.3 is 9.84 Å². The monoisotopic (exact) mass is 498 g/mol. The number of allylic oxidation sites excluding steroid dienone is 1. The van der Waals surface area contributed by atoms with Crippen LogP contribution in [0.25, 0.3) is 6.08 Å². The molecule has 1 unspecified atom stereocenters. The van der Waals surface area contributed by atoms with Gasteiger partial charge in [-0.3, -0.25) is 9.36 Å². The van der Waals surface area contributed by atoms with E-state index in [2.05, 4.69) is 20.9 Å². The van der Waals surface area contributed by atoms with Crippen molar-refractivity contribution in [1.82, 2.24) is 4.57 Å². The van der Waals surface area contributed by atoms with Crippen molar-refractivity contribution in [2.24, 2.45) is 4.99 Å². The molecule has 1 atom stereocenters. The molecule has 0 radical (unpaired) electrons. The highest BCUT2D eigenvalue weighted by Crippen LogP contribution is 2.30. The summed E-state index contributed by atoms with van der Waals surface area (Å²) in [5.41, 5.74) is 2.22. The van der Waals surface area contributed by atoms with Crippen LogP contribution in [0, 0.1) is 0 Å². The number of ether oxygens (including phenoxy) is 1. The maximum absolute atomic E-state index is 13.4. The molecule has 2 heterocycles. The molecule has 1 aromatic heterocycles. The normalized spacial score (nSPS) is 16.1.